The number of alkyl halides is 2. The molecule has 0 spiro atoms. The molecule has 3 aromatic heterocycles. The van der Waals surface area contributed by atoms with Crippen molar-refractivity contribution in [1.82, 2.24) is 20.3 Å². The molecule has 2 atom stereocenters. The minimum atomic E-state index is -2.72. The van der Waals surface area contributed by atoms with Gasteiger partial charge in [0.15, 0.2) is 17.1 Å². The lowest BCUT2D eigenvalue weighted by Crippen LogP contribution is -2.35. The van der Waals surface area contributed by atoms with Crippen molar-refractivity contribution in [2.45, 2.75) is 25.3 Å². The first kappa shape index (κ1) is 20.7. The number of ether oxygens (including phenoxy) is 2. The summed E-state index contributed by atoms with van der Waals surface area (Å²) in [6.45, 7) is 1.44. The molecule has 1 aliphatic carbocycles. The molecule has 3 heterocycles. The molecule has 0 bridgehead atoms. The summed E-state index contributed by atoms with van der Waals surface area (Å²) in [4.78, 5) is 22.7. The zero-order valence-electron chi connectivity index (χ0n) is 16.1. The third-order valence-electron chi connectivity index (χ3n) is 4.53. The zero-order valence-corrected chi connectivity index (χ0v) is 16.1. The van der Waals surface area contributed by atoms with Crippen LogP contribution in [0.15, 0.2) is 28.9 Å². The average molecular weight is 438 g/mol. The average Bonchev–Trinajstić information content (AvgIpc) is 3.11. The first-order valence-electron chi connectivity index (χ1n) is 9.26. The SMILES string of the molecule is C[C@@H](COc1cc2oc(-c3ncc(OC[C@H]4CC4(F)F)cc3F)nc2cn1)NC(=O)O. The van der Waals surface area contributed by atoms with Crippen molar-refractivity contribution < 1.29 is 37.0 Å². The van der Waals surface area contributed by atoms with E-state index in [4.69, 9.17) is 19.0 Å². The second-order valence-corrected chi connectivity index (χ2v) is 7.15. The highest BCUT2D eigenvalue weighted by atomic mass is 19.3. The number of hydrogen-bond acceptors (Lipinski definition) is 7. The molecule has 0 aromatic carbocycles. The van der Waals surface area contributed by atoms with E-state index in [-0.39, 0.29) is 48.4 Å². The van der Waals surface area contributed by atoms with Gasteiger partial charge in [0.05, 0.1) is 31.0 Å². The number of carboxylic acid groups (broad SMARTS) is 1. The molecule has 0 aliphatic heterocycles. The number of oxazole rings is 1. The number of rotatable bonds is 8. The van der Waals surface area contributed by atoms with Gasteiger partial charge in [-0.1, -0.05) is 0 Å². The maximum atomic E-state index is 14.5. The van der Waals surface area contributed by atoms with Crippen LogP contribution in [-0.2, 0) is 0 Å². The standard InChI is InChI=1S/C19H17F3N4O5/c1-9(25-18(27)28)7-30-15-3-14-13(6-23-15)26-17(31-14)16-12(20)2-11(5-24-16)29-8-10-4-19(10,21)22/h2-3,5-6,9-10,25H,4,7-8H2,1H3,(H,27,28)/t9-,10+/m0/s1. The number of fused-ring (bicyclic) bond motifs is 1. The molecular weight excluding hydrogens is 421 g/mol. The highest BCUT2D eigenvalue weighted by Gasteiger charge is 2.57. The van der Waals surface area contributed by atoms with Gasteiger partial charge in [0.1, 0.15) is 17.9 Å². The van der Waals surface area contributed by atoms with Gasteiger partial charge >= 0.3 is 6.09 Å². The molecular formula is C19H17F3N4O5. The first-order chi connectivity index (χ1) is 14.7. The lowest BCUT2D eigenvalue weighted by Gasteiger charge is -2.11. The Bertz CT molecular complexity index is 1120. The van der Waals surface area contributed by atoms with Crippen molar-refractivity contribution in [3.63, 3.8) is 0 Å². The van der Waals surface area contributed by atoms with E-state index < -0.39 is 29.8 Å². The minimum absolute atomic E-state index is 0.0292. The van der Waals surface area contributed by atoms with Gasteiger partial charge < -0.3 is 24.3 Å². The van der Waals surface area contributed by atoms with Crippen LogP contribution in [0.25, 0.3) is 22.7 Å². The molecule has 12 heteroatoms. The van der Waals surface area contributed by atoms with Gasteiger partial charge in [-0.3, -0.25) is 0 Å². The Morgan fingerprint density at radius 3 is 2.81 bits per heavy atom. The molecule has 2 N–H and O–H groups in total. The van der Waals surface area contributed by atoms with Crippen molar-refractivity contribution in [3.05, 3.63) is 30.3 Å². The predicted molar refractivity (Wildman–Crippen MR) is 99.7 cm³/mol. The van der Waals surface area contributed by atoms with Crippen LogP contribution in [0.2, 0.25) is 0 Å². The van der Waals surface area contributed by atoms with Gasteiger partial charge in [0.2, 0.25) is 11.8 Å². The number of carbonyl (C=O) groups is 1. The Labute approximate surface area is 173 Å². The Morgan fingerprint density at radius 2 is 2.13 bits per heavy atom. The number of nitrogens with one attached hydrogen (secondary N) is 1. The summed E-state index contributed by atoms with van der Waals surface area (Å²) in [5, 5.41) is 10.9. The molecule has 0 radical (unpaired) electrons. The fraction of sp³-hybridized carbons (Fsp3) is 0.368. The quantitative estimate of drug-likeness (QED) is 0.549. The highest BCUT2D eigenvalue weighted by molar-refractivity contribution is 5.75. The Kier molecular flexibility index (Phi) is 5.29. The van der Waals surface area contributed by atoms with Gasteiger partial charge in [-0.2, -0.15) is 0 Å². The summed E-state index contributed by atoms with van der Waals surface area (Å²) < 4.78 is 56.4. The van der Waals surface area contributed by atoms with E-state index in [2.05, 4.69) is 20.3 Å². The molecule has 164 valence electrons. The monoisotopic (exact) mass is 438 g/mol. The van der Waals surface area contributed by atoms with Crippen LogP contribution < -0.4 is 14.8 Å². The molecule has 1 saturated carbocycles. The van der Waals surface area contributed by atoms with Crippen LogP contribution in [-0.4, -0.2) is 51.3 Å². The minimum Gasteiger partial charge on any atom is -0.491 e. The number of aromatic nitrogens is 3. The topological polar surface area (TPSA) is 120 Å². The largest absolute Gasteiger partial charge is 0.491 e. The van der Waals surface area contributed by atoms with E-state index in [1.165, 1.54) is 18.5 Å². The van der Waals surface area contributed by atoms with Gasteiger partial charge in [-0.05, 0) is 6.92 Å². The molecule has 0 saturated heterocycles. The van der Waals surface area contributed by atoms with E-state index in [0.29, 0.717) is 5.52 Å². The summed E-state index contributed by atoms with van der Waals surface area (Å²) >= 11 is 0. The van der Waals surface area contributed by atoms with E-state index in [1.807, 2.05) is 0 Å². The predicted octanol–water partition coefficient (Wildman–Crippen LogP) is 3.49. The summed E-state index contributed by atoms with van der Waals surface area (Å²) in [5.74, 6) is -4.27. The molecule has 31 heavy (non-hydrogen) atoms. The van der Waals surface area contributed by atoms with Gasteiger partial charge in [0, 0.05) is 18.6 Å². The van der Waals surface area contributed by atoms with Crippen molar-refractivity contribution in [1.29, 1.82) is 0 Å². The third-order valence-corrected chi connectivity index (χ3v) is 4.53. The lowest BCUT2D eigenvalue weighted by molar-refractivity contribution is 0.0855. The molecule has 9 nitrogen and oxygen atoms in total. The van der Waals surface area contributed by atoms with E-state index >= 15 is 0 Å². The lowest BCUT2D eigenvalue weighted by atomic mass is 10.3. The molecule has 3 aromatic rings. The van der Waals surface area contributed by atoms with E-state index in [1.54, 1.807) is 6.92 Å². The number of hydrogen-bond donors (Lipinski definition) is 2. The highest BCUT2D eigenvalue weighted by Crippen LogP contribution is 2.48. The Morgan fingerprint density at radius 1 is 1.35 bits per heavy atom. The number of halogens is 3. The van der Waals surface area contributed by atoms with Crippen LogP contribution in [0.5, 0.6) is 11.6 Å². The first-order valence-corrected chi connectivity index (χ1v) is 9.26. The summed E-state index contributed by atoms with van der Waals surface area (Å²) in [6, 6.07) is 2.00. The van der Waals surface area contributed by atoms with Crippen LogP contribution >= 0.6 is 0 Å². The van der Waals surface area contributed by atoms with Crippen LogP contribution in [0.3, 0.4) is 0 Å². The van der Waals surface area contributed by atoms with Gasteiger partial charge in [-0.25, -0.2) is 32.9 Å². The fourth-order valence-corrected chi connectivity index (χ4v) is 2.76. The smallest absolute Gasteiger partial charge is 0.404 e. The van der Waals surface area contributed by atoms with E-state index in [9.17, 15) is 18.0 Å². The fourth-order valence-electron chi connectivity index (χ4n) is 2.76. The van der Waals surface area contributed by atoms with Crippen LogP contribution in [0, 0.1) is 11.7 Å². The summed E-state index contributed by atoms with van der Waals surface area (Å²) in [6.07, 6.45) is 1.16. The van der Waals surface area contributed by atoms with Crippen LogP contribution in [0.1, 0.15) is 13.3 Å². The maximum absolute atomic E-state index is 14.5. The number of pyridine rings is 2. The third kappa shape index (κ3) is 4.78. The summed E-state index contributed by atoms with van der Waals surface area (Å²) in [7, 11) is 0. The molecule has 4 rings (SSSR count). The zero-order chi connectivity index (χ0) is 22.2. The van der Waals surface area contributed by atoms with Crippen molar-refractivity contribution in [2.24, 2.45) is 5.92 Å². The van der Waals surface area contributed by atoms with Crippen molar-refractivity contribution in [3.8, 4) is 23.2 Å². The maximum Gasteiger partial charge on any atom is 0.404 e. The molecule has 1 aliphatic rings. The second-order valence-electron chi connectivity index (χ2n) is 7.15. The number of amides is 1. The van der Waals surface area contributed by atoms with Crippen molar-refractivity contribution in [2.75, 3.05) is 13.2 Å². The van der Waals surface area contributed by atoms with E-state index in [0.717, 1.165) is 6.07 Å². The molecule has 1 fully saturated rings. The normalized spacial score (nSPS) is 17.9. The molecule has 1 amide bonds. The number of nitrogens with zero attached hydrogens (tertiary/aromatic N) is 3. The Hall–Kier alpha value is -3.57. The van der Waals surface area contributed by atoms with Gasteiger partial charge in [0.25, 0.3) is 5.92 Å². The second kappa shape index (κ2) is 7.93. The van der Waals surface area contributed by atoms with Crippen LogP contribution in [0.4, 0.5) is 18.0 Å². The summed E-state index contributed by atoms with van der Waals surface area (Å²) in [5.41, 5.74) is 0.412. The van der Waals surface area contributed by atoms with Gasteiger partial charge in [-0.15, -0.1) is 0 Å². The van der Waals surface area contributed by atoms with Crippen molar-refractivity contribution >= 4 is 17.2 Å². The molecule has 0 unspecified atom stereocenters. The Balaban J connectivity index is 1.44.